The lowest BCUT2D eigenvalue weighted by atomic mass is 9.63. The predicted octanol–water partition coefficient (Wildman–Crippen LogP) is 5.03. The van der Waals surface area contributed by atoms with Crippen LogP contribution < -0.4 is 10.1 Å². The summed E-state index contributed by atoms with van der Waals surface area (Å²) in [5.41, 5.74) is 1.09. The van der Waals surface area contributed by atoms with Gasteiger partial charge >= 0.3 is 6.09 Å². The van der Waals surface area contributed by atoms with E-state index in [0.717, 1.165) is 62.9 Å². The van der Waals surface area contributed by atoms with Crippen molar-refractivity contribution in [1.82, 2.24) is 10.2 Å². The fraction of sp³-hybridized carbons (Fsp3) is 0.741. The van der Waals surface area contributed by atoms with Crippen LogP contribution in [-0.2, 0) is 9.78 Å². The summed E-state index contributed by atoms with van der Waals surface area (Å²) in [6.45, 7) is 3.05. The lowest BCUT2D eigenvalue weighted by Crippen LogP contribution is -2.47. The molecule has 6 aliphatic rings. The molecule has 0 aromatic heterocycles. The first-order chi connectivity index (χ1) is 16.1. The highest BCUT2D eigenvalue weighted by molar-refractivity contribution is 5.70. The predicted molar refractivity (Wildman–Crippen MR) is 125 cm³/mol. The second-order valence-electron chi connectivity index (χ2n) is 11.4. The van der Waals surface area contributed by atoms with Gasteiger partial charge in [0.25, 0.3) is 0 Å². The number of amides is 1. The highest BCUT2D eigenvalue weighted by Crippen LogP contribution is 2.52. The summed E-state index contributed by atoms with van der Waals surface area (Å²) >= 11 is 0. The molecule has 1 aromatic rings. The highest BCUT2D eigenvalue weighted by atomic mass is 17.2. The molecule has 3 aliphatic carbocycles. The molecule has 6 fully saturated rings. The highest BCUT2D eigenvalue weighted by Gasteiger charge is 2.47. The van der Waals surface area contributed by atoms with Crippen molar-refractivity contribution in [3.8, 4) is 5.75 Å². The van der Waals surface area contributed by atoms with E-state index < -0.39 is 0 Å². The zero-order valence-corrected chi connectivity index (χ0v) is 19.7. The van der Waals surface area contributed by atoms with Gasteiger partial charge in [0.2, 0.25) is 0 Å². The second kappa shape index (κ2) is 9.20. The van der Waals surface area contributed by atoms with Crippen molar-refractivity contribution in [3.05, 3.63) is 29.8 Å². The lowest BCUT2D eigenvalue weighted by Gasteiger charge is -2.43. The summed E-state index contributed by atoms with van der Waals surface area (Å²) in [5.74, 6) is 3.52. The van der Waals surface area contributed by atoms with Crippen LogP contribution in [0.15, 0.2) is 24.3 Å². The van der Waals surface area contributed by atoms with Crippen molar-refractivity contribution in [1.29, 1.82) is 0 Å². The molecule has 6 nitrogen and oxygen atoms in total. The van der Waals surface area contributed by atoms with Crippen LogP contribution in [0.25, 0.3) is 0 Å². The summed E-state index contributed by atoms with van der Waals surface area (Å²) in [6.07, 6.45) is 12.1. The van der Waals surface area contributed by atoms with Crippen LogP contribution in [0.1, 0.15) is 75.7 Å². The molecular weight excluding hydrogens is 416 g/mol. The minimum Gasteiger partial charge on any atom is -0.410 e. The minimum atomic E-state index is -0.243. The monoisotopic (exact) mass is 454 g/mol. The molecule has 1 amide bonds. The van der Waals surface area contributed by atoms with Gasteiger partial charge in [0.15, 0.2) is 0 Å². The number of ether oxygens (including phenoxy) is 1. The topological polar surface area (TPSA) is 60.0 Å². The number of carbonyl (C=O) groups is 1. The minimum absolute atomic E-state index is 0.166. The second-order valence-corrected chi connectivity index (χ2v) is 11.4. The normalized spacial score (nSPS) is 38.5. The van der Waals surface area contributed by atoms with Gasteiger partial charge in [0, 0.05) is 26.2 Å². The fourth-order valence-corrected chi connectivity index (χ4v) is 7.62. The van der Waals surface area contributed by atoms with E-state index in [2.05, 4.69) is 17.4 Å². The number of fused-ring (bicyclic) bond motifs is 1. The van der Waals surface area contributed by atoms with Crippen LogP contribution in [0.3, 0.4) is 0 Å². The molecule has 1 aromatic carbocycles. The lowest BCUT2D eigenvalue weighted by molar-refractivity contribution is -0.394. The van der Waals surface area contributed by atoms with E-state index in [4.69, 9.17) is 14.5 Å². The standard InChI is InChI=1S/C27H38N2O4/c30-26(29-9-7-28-8-10-29)31-24-5-1-3-22(16-24)23-4-2-6-27(18-23)17-21-12-19-11-20(13-21)15-25(14-19)32-33-27/h1,3,5,16,19-21,23,25,28H,2,4,6-15,17-18H2/t19?,20?,21?,23-,25?,27+/m1/s1. The van der Waals surface area contributed by atoms with Crippen LogP contribution in [0.4, 0.5) is 4.79 Å². The molecule has 4 atom stereocenters. The molecule has 3 heterocycles. The third kappa shape index (κ3) is 4.80. The maximum Gasteiger partial charge on any atom is 0.415 e. The number of carbonyl (C=O) groups excluding carboxylic acids is 1. The molecule has 4 bridgehead atoms. The first kappa shape index (κ1) is 21.9. The van der Waals surface area contributed by atoms with Crippen LogP contribution in [0.5, 0.6) is 5.75 Å². The average Bonchev–Trinajstić information content (AvgIpc) is 2.90. The van der Waals surface area contributed by atoms with Crippen molar-refractivity contribution < 1.29 is 19.3 Å². The molecule has 7 rings (SSSR count). The number of nitrogens with zero attached hydrogens (tertiary/aromatic N) is 1. The Morgan fingerprint density at radius 1 is 1.03 bits per heavy atom. The maximum absolute atomic E-state index is 12.6. The first-order valence-corrected chi connectivity index (χ1v) is 13.3. The zero-order chi connectivity index (χ0) is 22.3. The molecule has 33 heavy (non-hydrogen) atoms. The largest absolute Gasteiger partial charge is 0.415 e. The Labute approximate surface area is 197 Å². The van der Waals surface area contributed by atoms with E-state index >= 15 is 0 Å². The molecular formula is C27H38N2O4. The summed E-state index contributed by atoms with van der Waals surface area (Å²) in [4.78, 5) is 26.9. The van der Waals surface area contributed by atoms with Crippen molar-refractivity contribution in [2.24, 2.45) is 17.8 Å². The molecule has 3 aliphatic heterocycles. The summed E-state index contributed by atoms with van der Waals surface area (Å²) in [7, 11) is 0. The van der Waals surface area contributed by atoms with Crippen LogP contribution in [0.2, 0.25) is 0 Å². The van der Waals surface area contributed by atoms with Gasteiger partial charge in [-0.25, -0.2) is 14.6 Å². The van der Waals surface area contributed by atoms with Crippen molar-refractivity contribution >= 4 is 6.09 Å². The Morgan fingerprint density at radius 2 is 1.82 bits per heavy atom. The van der Waals surface area contributed by atoms with Crippen LogP contribution in [-0.4, -0.2) is 48.9 Å². The Balaban J connectivity index is 1.16. The molecule has 0 radical (unpaired) electrons. The van der Waals surface area contributed by atoms with E-state index in [-0.39, 0.29) is 17.8 Å². The van der Waals surface area contributed by atoms with E-state index in [1.54, 1.807) is 4.90 Å². The zero-order valence-electron chi connectivity index (χ0n) is 19.7. The maximum atomic E-state index is 12.6. The Hall–Kier alpha value is -1.63. The third-order valence-corrected chi connectivity index (χ3v) is 8.93. The number of benzene rings is 1. The number of hydrogen-bond acceptors (Lipinski definition) is 5. The first-order valence-electron chi connectivity index (χ1n) is 13.3. The van der Waals surface area contributed by atoms with Gasteiger partial charge in [-0.2, -0.15) is 0 Å². The van der Waals surface area contributed by atoms with E-state index in [1.165, 1.54) is 37.7 Å². The van der Waals surface area contributed by atoms with Crippen molar-refractivity contribution in [2.45, 2.75) is 81.8 Å². The SMILES string of the molecule is O=C(Oc1cccc([C@@H]2CCC[C@]3(CC4CC5CC(C4)CC(C5)OO3)C2)c1)N1CCNCC1. The van der Waals surface area contributed by atoms with Crippen LogP contribution >= 0.6 is 0 Å². The Morgan fingerprint density at radius 3 is 2.64 bits per heavy atom. The van der Waals surface area contributed by atoms with Crippen molar-refractivity contribution in [3.63, 3.8) is 0 Å². The fourth-order valence-electron chi connectivity index (χ4n) is 7.62. The van der Waals surface area contributed by atoms with Gasteiger partial charge in [-0.05, 0) is 106 Å². The molecule has 1 N–H and O–H groups in total. The molecule has 3 saturated carbocycles. The number of rotatable bonds is 2. The van der Waals surface area contributed by atoms with Gasteiger partial charge in [-0.1, -0.05) is 12.1 Å². The average molecular weight is 455 g/mol. The molecule has 3 saturated heterocycles. The third-order valence-electron chi connectivity index (χ3n) is 8.93. The Kier molecular flexibility index (Phi) is 6.10. The van der Waals surface area contributed by atoms with E-state index in [9.17, 15) is 4.79 Å². The molecule has 6 heteroatoms. The number of hydrogen-bond donors (Lipinski definition) is 1. The van der Waals surface area contributed by atoms with Gasteiger partial charge in [-0.3, -0.25) is 0 Å². The molecule has 180 valence electrons. The molecule has 1 spiro atoms. The number of piperazine rings is 1. The quantitative estimate of drug-likeness (QED) is 0.635. The molecule has 2 unspecified atom stereocenters. The number of nitrogens with one attached hydrogen (secondary N) is 1. The summed E-state index contributed by atoms with van der Waals surface area (Å²) in [5, 5.41) is 3.27. The van der Waals surface area contributed by atoms with Gasteiger partial charge in [-0.15, -0.1) is 0 Å². The van der Waals surface area contributed by atoms with Gasteiger partial charge < -0.3 is 15.0 Å². The summed E-state index contributed by atoms with van der Waals surface area (Å²) in [6, 6.07) is 8.19. The Bertz CT molecular complexity index is 842. The smallest absolute Gasteiger partial charge is 0.410 e. The van der Waals surface area contributed by atoms with Crippen LogP contribution in [0, 0.1) is 17.8 Å². The van der Waals surface area contributed by atoms with Gasteiger partial charge in [0.1, 0.15) is 11.4 Å². The van der Waals surface area contributed by atoms with E-state index in [0.29, 0.717) is 24.8 Å². The van der Waals surface area contributed by atoms with Crippen molar-refractivity contribution in [2.75, 3.05) is 26.2 Å². The van der Waals surface area contributed by atoms with Gasteiger partial charge in [0.05, 0.1) is 6.10 Å². The van der Waals surface area contributed by atoms with E-state index in [1.807, 2.05) is 12.1 Å². The summed E-state index contributed by atoms with van der Waals surface area (Å²) < 4.78 is 5.75.